The summed E-state index contributed by atoms with van der Waals surface area (Å²) in [6, 6.07) is -0.0367. The number of amides is 2. The second-order valence-electron chi connectivity index (χ2n) is 6.73. The van der Waals surface area contributed by atoms with Gasteiger partial charge in [-0.1, -0.05) is 5.92 Å². The molecule has 2 amide bonds. The molecule has 6 heteroatoms. The van der Waals surface area contributed by atoms with E-state index >= 15 is 0 Å². The molecule has 0 aromatic rings. The molecule has 0 spiro atoms. The van der Waals surface area contributed by atoms with Crippen LogP contribution in [-0.4, -0.2) is 54.3 Å². The summed E-state index contributed by atoms with van der Waals surface area (Å²) in [6.07, 6.45) is 0.468. The van der Waals surface area contributed by atoms with Gasteiger partial charge in [0.25, 0.3) is 5.91 Å². The van der Waals surface area contributed by atoms with Crippen molar-refractivity contribution in [3.8, 4) is 11.8 Å². The number of hydrogen-bond acceptors (Lipinski definition) is 4. The topological polar surface area (TPSA) is 67.9 Å². The first-order chi connectivity index (χ1) is 10.3. The van der Waals surface area contributed by atoms with Crippen molar-refractivity contribution >= 4 is 12.0 Å². The van der Waals surface area contributed by atoms with Crippen molar-refractivity contribution in [3.05, 3.63) is 0 Å². The van der Waals surface area contributed by atoms with E-state index in [4.69, 9.17) is 9.47 Å². The van der Waals surface area contributed by atoms with E-state index < -0.39 is 5.60 Å². The maximum Gasteiger partial charge on any atom is 0.410 e. The maximum atomic E-state index is 12.5. The Hall–Kier alpha value is -1.74. The van der Waals surface area contributed by atoms with Gasteiger partial charge < -0.3 is 14.8 Å². The summed E-state index contributed by atoms with van der Waals surface area (Å²) < 4.78 is 11.0. The van der Waals surface area contributed by atoms with Crippen LogP contribution in [0, 0.1) is 17.8 Å². The largest absolute Gasteiger partial charge is 0.444 e. The normalized spacial score (nSPS) is 26.9. The lowest BCUT2D eigenvalue weighted by atomic mass is 10.0. The molecular formula is C16H24N2O4. The number of rotatable bonds is 2. The second-order valence-corrected chi connectivity index (χ2v) is 6.73. The summed E-state index contributed by atoms with van der Waals surface area (Å²) in [5.74, 6) is 5.00. The molecule has 2 rings (SSSR count). The summed E-state index contributed by atoms with van der Waals surface area (Å²) >= 11 is 0. The van der Waals surface area contributed by atoms with E-state index in [-0.39, 0.29) is 24.1 Å². The van der Waals surface area contributed by atoms with Gasteiger partial charge in [-0.15, -0.1) is 0 Å². The molecule has 2 aliphatic heterocycles. The highest BCUT2D eigenvalue weighted by atomic mass is 16.6. The Morgan fingerprint density at radius 3 is 2.73 bits per heavy atom. The van der Waals surface area contributed by atoms with E-state index in [1.165, 1.54) is 0 Å². The Labute approximate surface area is 131 Å². The van der Waals surface area contributed by atoms with Crippen LogP contribution in [0.15, 0.2) is 0 Å². The van der Waals surface area contributed by atoms with Crippen molar-refractivity contribution in [2.45, 2.75) is 51.8 Å². The van der Waals surface area contributed by atoms with Crippen molar-refractivity contribution in [3.63, 3.8) is 0 Å². The number of ether oxygens (including phenoxy) is 2. The van der Waals surface area contributed by atoms with E-state index in [0.29, 0.717) is 25.7 Å². The van der Waals surface area contributed by atoms with E-state index in [1.54, 1.807) is 11.8 Å². The molecule has 0 aromatic carbocycles. The molecule has 3 atom stereocenters. The number of fused-ring (bicyclic) bond motifs is 1. The van der Waals surface area contributed by atoms with Crippen molar-refractivity contribution in [1.29, 1.82) is 0 Å². The number of likely N-dealkylation sites (tertiary alicyclic amines) is 1. The molecule has 2 fully saturated rings. The third-order valence-electron chi connectivity index (χ3n) is 3.83. The fourth-order valence-electron chi connectivity index (χ4n) is 3.00. The maximum absolute atomic E-state index is 12.5. The van der Waals surface area contributed by atoms with Gasteiger partial charge in [0.1, 0.15) is 5.60 Å². The molecule has 122 valence electrons. The highest BCUT2D eigenvalue weighted by molar-refractivity contribution is 5.93. The monoisotopic (exact) mass is 308 g/mol. The van der Waals surface area contributed by atoms with Gasteiger partial charge in [-0.05, 0) is 40.0 Å². The Balaban J connectivity index is 2.04. The summed E-state index contributed by atoms with van der Waals surface area (Å²) in [4.78, 5) is 25.7. The second kappa shape index (κ2) is 6.57. The molecule has 0 radical (unpaired) electrons. The molecule has 2 saturated heterocycles. The average Bonchev–Trinajstić information content (AvgIpc) is 2.93. The first kappa shape index (κ1) is 16.6. The van der Waals surface area contributed by atoms with Gasteiger partial charge in [-0.25, -0.2) is 4.79 Å². The van der Waals surface area contributed by atoms with Crippen molar-refractivity contribution < 1.29 is 19.1 Å². The van der Waals surface area contributed by atoms with Crippen molar-refractivity contribution in [2.24, 2.45) is 5.92 Å². The predicted molar refractivity (Wildman–Crippen MR) is 81.0 cm³/mol. The highest BCUT2D eigenvalue weighted by Crippen LogP contribution is 2.35. The fourth-order valence-corrected chi connectivity index (χ4v) is 3.00. The molecule has 2 heterocycles. The predicted octanol–water partition coefficient (Wildman–Crippen LogP) is 1.15. The minimum atomic E-state index is -0.546. The molecule has 0 saturated carbocycles. The lowest BCUT2D eigenvalue weighted by Gasteiger charge is -2.31. The van der Waals surface area contributed by atoms with Crippen LogP contribution in [0.5, 0.6) is 0 Å². The van der Waals surface area contributed by atoms with Crippen molar-refractivity contribution in [1.82, 2.24) is 10.2 Å². The van der Waals surface area contributed by atoms with Crippen LogP contribution in [0.3, 0.4) is 0 Å². The van der Waals surface area contributed by atoms with E-state index in [1.807, 2.05) is 20.8 Å². The van der Waals surface area contributed by atoms with Gasteiger partial charge in [0.15, 0.2) is 0 Å². The Morgan fingerprint density at radius 1 is 1.36 bits per heavy atom. The van der Waals surface area contributed by atoms with Crippen LogP contribution in [0.2, 0.25) is 0 Å². The number of carbonyl (C=O) groups is 2. The average molecular weight is 308 g/mol. The Bertz CT molecular complexity index is 501. The van der Waals surface area contributed by atoms with Gasteiger partial charge in [0.05, 0.1) is 25.3 Å². The third kappa shape index (κ3) is 3.92. The van der Waals surface area contributed by atoms with Gasteiger partial charge >= 0.3 is 6.09 Å². The third-order valence-corrected chi connectivity index (χ3v) is 3.83. The van der Waals surface area contributed by atoms with Gasteiger partial charge in [-0.2, -0.15) is 0 Å². The molecule has 3 unspecified atom stereocenters. The number of carbonyl (C=O) groups excluding carboxylic acids is 2. The molecule has 0 aliphatic carbocycles. The molecule has 1 N–H and O–H groups in total. The van der Waals surface area contributed by atoms with E-state index in [9.17, 15) is 9.59 Å². The van der Waals surface area contributed by atoms with Gasteiger partial charge in [-0.3, -0.25) is 9.69 Å². The van der Waals surface area contributed by atoms with Crippen molar-refractivity contribution in [2.75, 3.05) is 19.8 Å². The lowest BCUT2D eigenvalue weighted by Crippen LogP contribution is -2.49. The van der Waals surface area contributed by atoms with Crippen LogP contribution in [0.1, 0.15) is 34.1 Å². The first-order valence-corrected chi connectivity index (χ1v) is 7.61. The minimum absolute atomic E-state index is 0.0361. The van der Waals surface area contributed by atoms with Crippen LogP contribution < -0.4 is 5.32 Å². The zero-order chi connectivity index (χ0) is 16.3. The molecular weight excluding hydrogens is 284 g/mol. The molecule has 6 nitrogen and oxygen atoms in total. The SMILES string of the molecule is CC#CC(=O)NCC1CC2COCC2N1C(=O)OC(C)(C)C. The summed E-state index contributed by atoms with van der Waals surface area (Å²) in [7, 11) is 0. The number of nitrogens with one attached hydrogen (secondary N) is 1. The summed E-state index contributed by atoms with van der Waals surface area (Å²) in [5.41, 5.74) is -0.546. The van der Waals surface area contributed by atoms with Gasteiger partial charge in [0, 0.05) is 12.5 Å². The zero-order valence-electron chi connectivity index (χ0n) is 13.6. The van der Waals surface area contributed by atoms with Crippen LogP contribution >= 0.6 is 0 Å². The zero-order valence-corrected chi connectivity index (χ0v) is 13.6. The van der Waals surface area contributed by atoms with Gasteiger partial charge in [0.2, 0.25) is 0 Å². The van der Waals surface area contributed by atoms with Crippen LogP contribution in [0.4, 0.5) is 4.79 Å². The van der Waals surface area contributed by atoms with Crippen LogP contribution in [-0.2, 0) is 14.3 Å². The smallest absolute Gasteiger partial charge is 0.410 e. The fraction of sp³-hybridized carbons (Fsp3) is 0.750. The minimum Gasteiger partial charge on any atom is -0.444 e. The molecule has 0 aromatic heterocycles. The quantitative estimate of drug-likeness (QED) is 0.777. The first-order valence-electron chi connectivity index (χ1n) is 7.61. The molecule has 0 bridgehead atoms. The van der Waals surface area contributed by atoms with E-state index in [0.717, 1.165) is 6.42 Å². The Kier molecular flexibility index (Phi) is 4.97. The highest BCUT2D eigenvalue weighted by Gasteiger charge is 2.48. The lowest BCUT2D eigenvalue weighted by molar-refractivity contribution is -0.116. The van der Waals surface area contributed by atoms with E-state index in [2.05, 4.69) is 17.2 Å². The summed E-state index contributed by atoms with van der Waals surface area (Å²) in [6.45, 7) is 8.72. The Morgan fingerprint density at radius 2 is 2.09 bits per heavy atom. The molecule has 22 heavy (non-hydrogen) atoms. The number of hydrogen-bond donors (Lipinski definition) is 1. The summed E-state index contributed by atoms with van der Waals surface area (Å²) in [5, 5.41) is 2.76. The molecule has 2 aliphatic rings. The number of nitrogens with zero attached hydrogens (tertiary/aromatic N) is 1. The standard InChI is InChI=1S/C16H24N2O4/c1-5-6-14(19)17-8-12-7-11-9-21-10-13(11)18(12)15(20)22-16(2,3)4/h11-13H,7-10H2,1-4H3,(H,17,19). The van der Waals surface area contributed by atoms with Crippen LogP contribution in [0.25, 0.3) is 0 Å².